The Labute approximate surface area is 142 Å². The molecule has 0 saturated heterocycles. The van der Waals surface area contributed by atoms with Gasteiger partial charge in [0, 0.05) is 24.7 Å². The van der Waals surface area contributed by atoms with Gasteiger partial charge in [-0.05, 0) is 32.8 Å². The lowest BCUT2D eigenvalue weighted by atomic mass is 10.1. The largest absolute Gasteiger partial charge is 0.395 e. The molecular weight excluding hydrogens is 306 g/mol. The van der Waals surface area contributed by atoms with E-state index in [4.69, 9.17) is 4.52 Å². The predicted molar refractivity (Wildman–Crippen MR) is 91.6 cm³/mol. The Morgan fingerprint density at radius 2 is 2.04 bits per heavy atom. The third kappa shape index (κ3) is 4.83. The maximum Gasteiger partial charge on any atom is 0.317 e. The van der Waals surface area contributed by atoms with Gasteiger partial charge in [-0.15, -0.1) is 0 Å². The summed E-state index contributed by atoms with van der Waals surface area (Å²) < 4.78 is 5.16. The molecule has 0 radical (unpaired) electrons. The summed E-state index contributed by atoms with van der Waals surface area (Å²) in [5.41, 5.74) is 2.91. The number of carbonyl (C=O) groups excluding carboxylic acids is 1. The highest BCUT2D eigenvalue weighted by Gasteiger charge is 2.18. The first-order valence-electron chi connectivity index (χ1n) is 8.13. The fraction of sp³-hybridized carbons (Fsp3) is 0.444. The summed E-state index contributed by atoms with van der Waals surface area (Å²) in [5, 5.41) is 16.2. The molecule has 0 aliphatic heterocycles. The van der Waals surface area contributed by atoms with Crippen LogP contribution in [0.25, 0.3) is 0 Å². The molecule has 130 valence electrons. The summed E-state index contributed by atoms with van der Waals surface area (Å²) in [7, 11) is 0. The molecule has 0 aliphatic carbocycles. The number of hydrogen-bond acceptors (Lipinski definition) is 4. The lowest BCUT2D eigenvalue weighted by Crippen LogP contribution is -2.45. The third-order valence-electron chi connectivity index (χ3n) is 3.93. The van der Waals surface area contributed by atoms with E-state index in [9.17, 15) is 9.90 Å². The van der Waals surface area contributed by atoms with Gasteiger partial charge in [-0.25, -0.2) is 4.79 Å². The van der Waals surface area contributed by atoms with Crippen LogP contribution in [0.15, 0.2) is 34.9 Å². The lowest BCUT2D eigenvalue weighted by molar-refractivity contribution is 0.171. The van der Waals surface area contributed by atoms with Crippen LogP contribution in [-0.2, 0) is 13.0 Å². The van der Waals surface area contributed by atoms with Crippen molar-refractivity contribution in [1.82, 2.24) is 15.4 Å². The van der Waals surface area contributed by atoms with Crippen molar-refractivity contribution in [2.45, 2.75) is 39.8 Å². The van der Waals surface area contributed by atoms with Crippen LogP contribution in [0.3, 0.4) is 0 Å². The molecule has 1 aromatic carbocycles. The minimum Gasteiger partial charge on any atom is -0.395 e. The Morgan fingerprint density at radius 1 is 1.33 bits per heavy atom. The highest BCUT2D eigenvalue weighted by Crippen LogP contribution is 2.14. The van der Waals surface area contributed by atoms with Gasteiger partial charge in [-0.3, -0.25) is 0 Å². The maximum atomic E-state index is 12.5. The smallest absolute Gasteiger partial charge is 0.317 e. The number of hydrogen-bond donors (Lipinski definition) is 2. The summed E-state index contributed by atoms with van der Waals surface area (Å²) in [6.07, 6.45) is 0.658. The van der Waals surface area contributed by atoms with E-state index in [-0.39, 0.29) is 18.7 Å². The van der Waals surface area contributed by atoms with Crippen molar-refractivity contribution in [2.24, 2.45) is 0 Å². The molecule has 6 heteroatoms. The van der Waals surface area contributed by atoms with Crippen molar-refractivity contribution in [2.75, 3.05) is 13.2 Å². The standard InChI is InChI=1S/C18H25N3O3/c1-13(11-17-14(2)20-24-15(17)3)19-18(23)21(9-10-22)12-16-7-5-4-6-8-16/h4-8,13,22H,9-12H2,1-3H3,(H,19,23). The van der Waals surface area contributed by atoms with Gasteiger partial charge in [0.15, 0.2) is 0 Å². The van der Waals surface area contributed by atoms with Gasteiger partial charge < -0.3 is 19.8 Å². The second-order valence-electron chi connectivity index (χ2n) is 5.99. The van der Waals surface area contributed by atoms with Crippen LogP contribution in [0.5, 0.6) is 0 Å². The van der Waals surface area contributed by atoms with Crippen LogP contribution in [0, 0.1) is 13.8 Å². The van der Waals surface area contributed by atoms with E-state index < -0.39 is 0 Å². The first-order valence-corrected chi connectivity index (χ1v) is 8.13. The monoisotopic (exact) mass is 331 g/mol. The molecule has 6 nitrogen and oxygen atoms in total. The van der Waals surface area contributed by atoms with Gasteiger partial charge in [0.25, 0.3) is 0 Å². The van der Waals surface area contributed by atoms with E-state index in [0.717, 1.165) is 22.6 Å². The fourth-order valence-corrected chi connectivity index (χ4v) is 2.63. The zero-order valence-electron chi connectivity index (χ0n) is 14.5. The first kappa shape index (κ1) is 18.0. The average Bonchev–Trinajstić information content (AvgIpc) is 2.87. The van der Waals surface area contributed by atoms with E-state index in [2.05, 4.69) is 10.5 Å². The Bertz CT molecular complexity index is 635. The molecule has 1 unspecified atom stereocenters. The predicted octanol–water partition coefficient (Wildman–Crippen LogP) is 2.43. The normalized spacial score (nSPS) is 12.0. The molecule has 24 heavy (non-hydrogen) atoms. The Kier molecular flexibility index (Phi) is 6.37. The summed E-state index contributed by atoms with van der Waals surface area (Å²) >= 11 is 0. The molecule has 0 aliphatic rings. The number of aromatic nitrogens is 1. The zero-order chi connectivity index (χ0) is 17.5. The number of amides is 2. The molecule has 2 aromatic rings. The Balaban J connectivity index is 1.96. The molecule has 0 spiro atoms. The number of aliphatic hydroxyl groups is 1. The summed E-state index contributed by atoms with van der Waals surface area (Å²) in [4.78, 5) is 14.1. The lowest BCUT2D eigenvalue weighted by Gasteiger charge is -2.24. The SMILES string of the molecule is Cc1noc(C)c1CC(C)NC(=O)N(CCO)Cc1ccccc1. The topological polar surface area (TPSA) is 78.6 Å². The number of nitrogens with one attached hydrogen (secondary N) is 1. The Hall–Kier alpha value is -2.34. The van der Waals surface area contributed by atoms with Gasteiger partial charge in [0.2, 0.25) is 0 Å². The number of nitrogens with zero attached hydrogens (tertiary/aromatic N) is 2. The van der Waals surface area contributed by atoms with Crippen LogP contribution in [0.2, 0.25) is 0 Å². The minimum atomic E-state index is -0.188. The molecule has 2 N–H and O–H groups in total. The number of carbonyl (C=O) groups is 1. The maximum absolute atomic E-state index is 12.5. The van der Waals surface area contributed by atoms with Crippen molar-refractivity contribution >= 4 is 6.03 Å². The molecule has 0 saturated carbocycles. The van der Waals surface area contributed by atoms with Crippen molar-refractivity contribution in [3.05, 3.63) is 52.9 Å². The van der Waals surface area contributed by atoms with Crippen LogP contribution in [0.1, 0.15) is 29.5 Å². The van der Waals surface area contributed by atoms with Gasteiger partial charge in [-0.2, -0.15) is 0 Å². The molecule has 1 heterocycles. The van der Waals surface area contributed by atoms with Crippen molar-refractivity contribution < 1.29 is 14.4 Å². The molecule has 0 bridgehead atoms. The van der Waals surface area contributed by atoms with Crippen LogP contribution in [-0.4, -0.2) is 40.4 Å². The van der Waals surface area contributed by atoms with Gasteiger partial charge in [-0.1, -0.05) is 35.5 Å². The Morgan fingerprint density at radius 3 is 2.62 bits per heavy atom. The highest BCUT2D eigenvalue weighted by molar-refractivity contribution is 5.74. The first-order chi connectivity index (χ1) is 11.5. The van der Waals surface area contributed by atoms with E-state index in [0.29, 0.717) is 19.5 Å². The second kappa shape index (κ2) is 8.49. The molecular formula is C18H25N3O3. The quantitative estimate of drug-likeness (QED) is 0.817. The van der Waals surface area contributed by atoms with Crippen LogP contribution < -0.4 is 5.32 Å². The molecule has 2 rings (SSSR count). The zero-order valence-corrected chi connectivity index (χ0v) is 14.5. The molecule has 1 aromatic heterocycles. The summed E-state index contributed by atoms with van der Waals surface area (Å²) in [6, 6.07) is 9.48. The fourth-order valence-electron chi connectivity index (χ4n) is 2.63. The number of urea groups is 1. The van der Waals surface area contributed by atoms with E-state index in [1.165, 1.54) is 0 Å². The summed E-state index contributed by atoms with van der Waals surface area (Å²) in [6.45, 7) is 6.40. The van der Waals surface area contributed by atoms with E-state index in [1.54, 1.807) is 4.90 Å². The highest BCUT2D eigenvalue weighted by atomic mass is 16.5. The number of benzene rings is 1. The van der Waals surface area contributed by atoms with Gasteiger partial charge in [0.05, 0.1) is 12.3 Å². The third-order valence-corrected chi connectivity index (χ3v) is 3.93. The molecule has 2 amide bonds. The average molecular weight is 331 g/mol. The summed E-state index contributed by atoms with van der Waals surface area (Å²) in [5.74, 6) is 0.782. The van der Waals surface area contributed by atoms with Gasteiger partial charge >= 0.3 is 6.03 Å². The number of aliphatic hydroxyl groups excluding tert-OH is 1. The molecule has 1 atom stereocenters. The number of aryl methyl sites for hydroxylation is 2. The van der Waals surface area contributed by atoms with E-state index >= 15 is 0 Å². The number of rotatable bonds is 7. The van der Waals surface area contributed by atoms with Crippen molar-refractivity contribution in [1.29, 1.82) is 0 Å². The second-order valence-corrected chi connectivity index (χ2v) is 5.99. The molecule has 0 fully saturated rings. The van der Waals surface area contributed by atoms with Crippen LogP contribution in [0.4, 0.5) is 4.79 Å². The van der Waals surface area contributed by atoms with E-state index in [1.807, 2.05) is 51.1 Å². The van der Waals surface area contributed by atoms with Crippen molar-refractivity contribution in [3.8, 4) is 0 Å². The van der Waals surface area contributed by atoms with Crippen molar-refractivity contribution in [3.63, 3.8) is 0 Å². The van der Waals surface area contributed by atoms with Gasteiger partial charge in [0.1, 0.15) is 5.76 Å². The minimum absolute atomic E-state index is 0.0636. The van der Waals surface area contributed by atoms with Crippen LogP contribution >= 0.6 is 0 Å².